The van der Waals surface area contributed by atoms with Gasteiger partial charge in [-0.25, -0.2) is 0 Å². The predicted octanol–water partition coefficient (Wildman–Crippen LogP) is 6.87. The number of benzene rings is 4. The maximum absolute atomic E-state index is 9.38. The molecule has 0 spiro atoms. The van der Waals surface area contributed by atoms with Crippen LogP contribution in [0.4, 0.5) is 0 Å². The highest BCUT2D eigenvalue weighted by atomic mass is 127. The van der Waals surface area contributed by atoms with E-state index < -0.39 is 5.54 Å². The maximum atomic E-state index is 9.38. The van der Waals surface area contributed by atoms with E-state index in [0.29, 0.717) is 5.56 Å². The lowest BCUT2D eigenvalue weighted by Crippen LogP contribution is -2.38. The highest BCUT2D eigenvalue weighted by Gasteiger charge is 2.39. The van der Waals surface area contributed by atoms with E-state index in [0.717, 1.165) is 31.5 Å². The fraction of sp³-hybridized carbons (Fsp3) is 0.0345. The van der Waals surface area contributed by atoms with Crippen LogP contribution in [-0.4, -0.2) is 9.78 Å². The lowest BCUT2D eigenvalue weighted by molar-refractivity contribution is 0.461. The average Bonchev–Trinajstić information content (AvgIpc) is 3.28. The molecule has 4 heteroatoms. The first-order valence-corrected chi connectivity index (χ1v) is 11.7. The maximum Gasteiger partial charge on any atom is 0.138 e. The fourth-order valence-electron chi connectivity index (χ4n) is 4.39. The van der Waals surface area contributed by atoms with Crippen molar-refractivity contribution >= 4 is 22.6 Å². The van der Waals surface area contributed by atoms with Gasteiger partial charge in [-0.3, -0.25) is 4.68 Å². The first-order chi connectivity index (χ1) is 16.2. The monoisotopic (exact) mass is 537 g/mol. The summed E-state index contributed by atoms with van der Waals surface area (Å²) in [5.74, 6) is 0. The molecule has 0 N–H and O–H groups in total. The molecule has 0 radical (unpaired) electrons. The van der Waals surface area contributed by atoms with Crippen LogP contribution in [0.3, 0.4) is 0 Å². The number of nitrogens with zero attached hydrogens (tertiary/aromatic N) is 3. The Hall–Kier alpha value is -3.69. The molecule has 0 saturated heterocycles. The quantitative estimate of drug-likeness (QED) is 0.182. The Bertz CT molecular complexity index is 1320. The minimum atomic E-state index is -0.658. The molecule has 0 saturated carbocycles. The summed E-state index contributed by atoms with van der Waals surface area (Å²) < 4.78 is 3.10. The molecule has 1 aromatic heterocycles. The van der Waals surface area contributed by atoms with Crippen molar-refractivity contribution in [1.82, 2.24) is 9.78 Å². The average molecular weight is 537 g/mol. The van der Waals surface area contributed by atoms with Crippen LogP contribution in [0.25, 0.3) is 11.3 Å². The summed E-state index contributed by atoms with van der Waals surface area (Å²) >= 11 is 2.34. The lowest BCUT2D eigenvalue weighted by atomic mass is 9.77. The van der Waals surface area contributed by atoms with Crippen molar-refractivity contribution in [3.8, 4) is 17.3 Å². The zero-order valence-corrected chi connectivity index (χ0v) is 19.9. The normalized spacial score (nSPS) is 11.2. The van der Waals surface area contributed by atoms with Gasteiger partial charge in [0.25, 0.3) is 0 Å². The molecule has 158 valence electrons. The molecule has 1 heterocycles. The summed E-state index contributed by atoms with van der Waals surface area (Å²) in [7, 11) is 0. The Labute approximate surface area is 207 Å². The number of rotatable bonds is 5. The Morgan fingerprint density at radius 2 is 1.21 bits per heavy atom. The van der Waals surface area contributed by atoms with Crippen LogP contribution in [-0.2, 0) is 5.54 Å². The van der Waals surface area contributed by atoms with Gasteiger partial charge in [-0.05, 0) is 51.4 Å². The summed E-state index contributed by atoms with van der Waals surface area (Å²) in [6.07, 6.45) is 2.10. The summed E-state index contributed by atoms with van der Waals surface area (Å²) in [4.78, 5) is 0. The smallest absolute Gasteiger partial charge is 0.138 e. The van der Waals surface area contributed by atoms with Gasteiger partial charge in [0, 0.05) is 11.8 Å². The van der Waals surface area contributed by atoms with Crippen LogP contribution in [0.1, 0.15) is 22.3 Å². The van der Waals surface area contributed by atoms with Gasteiger partial charge >= 0.3 is 0 Å². The van der Waals surface area contributed by atoms with Crippen molar-refractivity contribution in [1.29, 1.82) is 5.26 Å². The third-order valence-corrected chi connectivity index (χ3v) is 6.64. The molecular weight excluding hydrogens is 517 g/mol. The van der Waals surface area contributed by atoms with Gasteiger partial charge in [0.1, 0.15) is 11.2 Å². The second kappa shape index (κ2) is 9.05. The van der Waals surface area contributed by atoms with Crippen LogP contribution in [0.5, 0.6) is 0 Å². The van der Waals surface area contributed by atoms with Gasteiger partial charge in [0.15, 0.2) is 0 Å². The van der Waals surface area contributed by atoms with Crippen LogP contribution < -0.4 is 0 Å². The number of hydrogen-bond donors (Lipinski definition) is 0. The molecule has 0 aliphatic rings. The summed E-state index contributed by atoms with van der Waals surface area (Å²) in [6, 6.07) is 41.3. The molecule has 0 atom stereocenters. The van der Waals surface area contributed by atoms with Crippen molar-refractivity contribution in [2.45, 2.75) is 5.54 Å². The van der Waals surface area contributed by atoms with Crippen molar-refractivity contribution in [2.24, 2.45) is 0 Å². The Balaban J connectivity index is 1.84. The molecule has 5 aromatic rings. The van der Waals surface area contributed by atoms with Crippen LogP contribution in [0, 0.1) is 14.9 Å². The summed E-state index contributed by atoms with van der Waals surface area (Å²) in [6.45, 7) is 0. The number of aromatic nitrogens is 2. The highest BCUT2D eigenvalue weighted by molar-refractivity contribution is 14.1. The molecule has 0 amide bonds. The second-order valence-corrected chi connectivity index (χ2v) is 8.93. The predicted molar refractivity (Wildman–Crippen MR) is 140 cm³/mol. The zero-order chi connectivity index (χ0) is 22.7. The van der Waals surface area contributed by atoms with E-state index in [1.54, 1.807) is 0 Å². The minimum Gasteiger partial charge on any atom is -0.251 e. The van der Waals surface area contributed by atoms with Crippen molar-refractivity contribution in [3.05, 3.63) is 147 Å². The van der Waals surface area contributed by atoms with Gasteiger partial charge in [0.2, 0.25) is 0 Å². The minimum absolute atomic E-state index is 0.623. The van der Waals surface area contributed by atoms with E-state index in [2.05, 4.69) is 112 Å². The van der Waals surface area contributed by atoms with E-state index in [1.165, 1.54) is 0 Å². The van der Waals surface area contributed by atoms with E-state index in [9.17, 15) is 5.26 Å². The number of halogens is 1. The lowest BCUT2D eigenvalue weighted by Gasteiger charge is -2.36. The SMILES string of the molecule is N#Cc1cccc(-c2nn(C(c3ccccc3)(c3ccccc3)c3ccccc3)cc2I)c1. The van der Waals surface area contributed by atoms with Crippen LogP contribution in [0.2, 0.25) is 0 Å². The standard InChI is InChI=1S/C29H20IN3/c30-27-21-33(32-28(27)23-12-10-11-22(19-23)20-31)29(24-13-4-1-5-14-24,25-15-6-2-7-16-25)26-17-8-3-9-18-26/h1-19,21H. The molecule has 3 nitrogen and oxygen atoms in total. The molecule has 0 aliphatic carbocycles. The Morgan fingerprint density at radius 3 is 1.70 bits per heavy atom. The van der Waals surface area contributed by atoms with Gasteiger partial charge < -0.3 is 0 Å². The Morgan fingerprint density at radius 1 is 0.697 bits per heavy atom. The fourth-order valence-corrected chi connectivity index (χ4v) is 5.07. The van der Waals surface area contributed by atoms with Crippen LogP contribution in [0.15, 0.2) is 121 Å². The van der Waals surface area contributed by atoms with E-state index in [4.69, 9.17) is 5.10 Å². The van der Waals surface area contributed by atoms with E-state index in [1.807, 2.05) is 42.5 Å². The van der Waals surface area contributed by atoms with E-state index >= 15 is 0 Å². The second-order valence-electron chi connectivity index (χ2n) is 7.77. The molecule has 0 fully saturated rings. The zero-order valence-electron chi connectivity index (χ0n) is 17.8. The van der Waals surface area contributed by atoms with Crippen molar-refractivity contribution < 1.29 is 0 Å². The van der Waals surface area contributed by atoms with Crippen molar-refractivity contribution in [2.75, 3.05) is 0 Å². The largest absolute Gasteiger partial charge is 0.251 e. The van der Waals surface area contributed by atoms with Gasteiger partial charge in [0.05, 0.1) is 15.2 Å². The van der Waals surface area contributed by atoms with Gasteiger partial charge in [-0.1, -0.05) is 103 Å². The molecule has 4 aromatic carbocycles. The molecule has 0 unspecified atom stereocenters. The highest BCUT2D eigenvalue weighted by Crippen LogP contribution is 2.41. The molecule has 0 aliphatic heterocycles. The van der Waals surface area contributed by atoms with Gasteiger partial charge in [-0.15, -0.1) is 0 Å². The Kier molecular flexibility index (Phi) is 5.80. The molecule has 5 rings (SSSR count). The van der Waals surface area contributed by atoms with Crippen molar-refractivity contribution in [3.63, 3.8) is 0 Å². The third kappa shape index (κ3) is 3.75. The number of nitriles is 1. The first-order valence-electron chi connectivity index (χ1n) is 10.7. The van der Waals surface area contributed by atoms with E-state index in [-0.39, 0.29) is 0 Å². The topological polar surface area (TPSA) is 41.6 Å². The third-order valence-electron chi connectivity index (χ3n) is 5.85. The summed E-state index contributed by atoms with van der Waals surface area (Å²) in [5, 5.41) is 14.5. The first kappa shape index (κ1) is 21.2. The van der Waals surface area contributed by atoms with Gasteiger partial charge in [-0.2, -0.15) is 10.4 Å². The molecule has 0 bridgehead atoms. The summed E-state index contributed by atoms with van der Waals surface area (Å²) in [5.41, 5.74) is 5.13. The molecular formula is C29H20IN3. The van der Waals surface area contributed by atoms with Crippen LogP contribution >= 0.6 is 22.6 Å². The molecule has 33 heavy (non-hydrogen) atoms. The number of hydrogen-bond acceptors (Lipinski definition) is 2.